The SMILES string of the molecule is COc1ccc(CCc2cc(C#N)c(O)cn2)cc1. The lowest BCUT2D eigenvalue weighted by atomic mass is 10.1. The van der Waals surface area contributed by atoms with E-state index in [1.165, 1.54) is 11.8 Å². The van der Waals surface area contributed by atoms with Crippen LogP contribution in [-0.4, -0.2) is 17.2 Å². The van der Waals surface area contributed by atoms with Gasteiger partial charge in [0.2, 0.25) is 0 Å². The van der Waals surface area contributed by atoms with Gasteiger partial charge in [0.05, 0.1) is 18.9 Å². The van der Waals surface area contributed by atoms with Crippen LogP contribution in [0.25, 0.3) is 0 Å². The average Bonchev–Trinajstić information content (AvgIpc) is 2.47. The summed E-state index contributed by atoms with van der Waals surface area (Å²) in [5, 5.41) is 18.2. The molecule has 1 N–H and O–H groups in total. The van der Waals surface area contributed by atoms with Gasteiger partial charge in [-0.1, -0.05) is 12.1 Å². The molecule has 0 fully saturated rings. The summed E-state index contributed by atoms with van der Waals surface area (Å²) in [7, 11) is 1.64. The molecule has 4 nitrogen and oxygen atoms in total. The molecule has 0 amide bonds. The number of aryl methyl sites for hydroxylation is 2. The molecule has 0 bridgehead atoms. The zero-order chi connectivity index (χ0) is 13.7. The van der Waals surface area contributed by atoms with Crippen molar-refractivity contribution in [2.45, 2.75) is 12.8 Å². The number of ether oxygens (including phenoxy) is 1. The van der Waals surface area contributed by atoms with Crippen molar-refractivity contribution in [1.82, 2.24) is 4.98 Å². The second kappa shape index (κ2) is 5.87. The van der Waals surface area contributed by atoms with Crippen LogP contribution in [0.5, 0.6) is 11.5 Å². The number of rotatable bonds is 4. The van der Waals surface area contributed by atoms with Crippen molar-refractivity contribution in [3.63, 3.8) is 0 Å². The third-order valence-electron chi connectivity index (χ3n) is 2.89. The normalized spacial score (nSPS) is 9.89. The van der Waals surface area contributed by atoms with Gasteiger partial charge in [-0.05, 0) is 36.6 Å². The first-order valence-corrected chi connectivity index (χ1v) is 5.94. The van der Waals surface area contributed by atoms with Crippen molar-refractivity contribution >= 4 is 0 Å². The smallest absolute Gasteiger partial charge is 0.151 e. The van der Waals surface area contributed by atoms with Crippen molar-refractivity contribution in [1.29, 1.82) is 5.26 Å². The maximum Gasteiger partial charge on any atom is 0.151 e. The Morgan fingerprint density at radius 3 is 2.63 bits per heavy atom. The topological polar surface area (TPSA) is 66.1 Å². The Hall–Kier alpha value is -2.54. The highest BCUT2D eigenvalue weighted by Crippen LogP contribution is 2.17. The van der Waals surface area contributed by atoms with Crippen LogP contribution in [0.15, 0.2) is 36.5 Å². The molecule has 1 heterocycles. The van der Waals surface area contributed by atoms with Crippen molar-refractivity contribution < 1.29 is 9.84 Å². The first kappa shape index (κ1) is 12.9. The Bertz CT molecular complexity index is 601. The molecule has 96 valence electrons. The van der Waals surface area contributed by atoms with Gasteiger partial charge in [0.25, 0.3) is 0 Å². The fourth-order valence-corrected chi connectivity index (χ4v) is 1.78. The molecule has 1 aromatic heterocycles. The van der Waals surface area contributed by atoms with E-state index < -0.39 is 0 Å². The number of nitrogens with zero attached hydrogens (tertiary/aromatic N) is 2. The molecule has 0 radical (unpaired) electrons. The molecular formula is C15H14N2O2. The molecule has 0 spiro atoms. The van der Waals surface area contributed by atoms with Gasteiger partial charge in [0.15, 0.2) is 5.75 Å². The largest absolute Gasteiger partial charge is 0.505 e. The Morgan fingerprint density at radius 2 is 2.00 bits per heavy atom. The van der Waals surface area contributed by atoms with E-state index in [4.69, 9.17) is 10.00 Å². The van der Waals surface area contributed by atoms with Crippen LogP contribution in [0.4, 0.5) is 0 Å². The molecule has 0 atom stereocenters. The maximum atomic E-state index is 9.38. The van der Waals surface area contributed by atoms with Crippen LogP contribution >= 0.6 is 0 Å². The average molecular weight is 254 g/mol. The minimum atomic E-state index is -0.0734. The predicted octanol–water partition coefficient (Wildman–Crippen LogP) is 2.45. The van der Waals surface area contributed by atoms with Gasteiger partial charge in [-0.15, -0.1) is 0 Å². The number of benzene rings is 1. The predicted molar refractivity (Wildman–Crippen MR) is 71.0 cm³/mol. The Morgan fingerprint density at radius 1 is 1.26 bits per heavy atom. The molecule has 0 unspecified atom stereocenters. The summed E-state index contributed by atoms with van der Waals surface area (Å²) in [4.78, 5) is 4.11. The summed E-state index contributed by atoms with van der Waals surface area (Å²) in [5.74, 6) is 0.758. The van der Waals surface area contributed by atoms with E-state index in [-0.39, 0.29) is 11.3 Å². The van der Waals surface area contributed by atoms with Crippen LogP contribution < -0.4 is 4.74 Å². The maximum absolute atomic E-state index is 9.38. The van der Waals surface area contributed by atoms with Gasteiger partial charge >= 0.3 is 0 Å². The Labute approximate surface area is 111 Å². The fraction of sp³-hybridized carbons (Fsp3) is 0.200. The van der Waals surface area contributed by atoms with Crippen LogP contribution in [0.2, 0.25) is 0 Å². The van der Waals surface area contributed by atoms with Crippen LogP contribution in [-0.2, 0) is 12.8 Å². The van der Waals surface area contributed by atoms with Crippen molar-refractivity contribution in [2.75, 3.05) is 7.11 Å². The summed E-state index contributed by atoms with van der Waals surface area (Å²) in [6.45, 7) is 0. The number of aromatic hydroxyl groups is 1. The van der Waals surface area contributed by atoms with E-state index in [0.29, 0.717) is 0 Å². The number of methoxy groups -OCH3 is 1. The van der Waals surface area contributed by atoms with E-state index in [2.05, 4.69) is 4.98 Å². The van der Waals surface area contributed by atoms with Gasteiger partial charge in [0.1, 0.15) is 11.8 Å². The van der Waals surface area contributed by atoms with E-state index in [0.717, 1.165) is 24.3 Å². The summed E-state index contributed by atoms with van der Waals surface area (Å²) in [5.41, 5.74) is 2.24. The number of nitriles is 1. The molecule has 0 aliphatic carbocycles. The Kier molecular flexibility index (Phi) is 3.99. The highest BCUT2D eigenvalue weighted by molar-refractivity contribution is 5.41. The van der Waals surface area contributed by atoms with Crippen LogP contribution in [0.1, 0.15) is 16.8 Å². The zero-order valence-corrected chi connectivity index (χ0v) is 10.6. The van der Waals surface area contributed by atoms with Gasteiger partial charge < -0.3 is 9.84 Å². The van der Waals surface area contributed by atoms with Gasteiger partial charge in [-0.3, -0.25) is 4.98 Å². The molecule has 19 heavy (non-hydrogen) atoms. The molecule has 0 aliphatic rings. The summed E-state index contributed by atoms with van der Waals surface area (Å²) < 4.78 is 5.10. The lowest BCUT2D eigenvalue weighted by molar-refractivity contribution is 0.414. The van der Waals surface area contributed by atoms with E-state index in [9.17, 15) is 5.11 Å². The first-order valence-electron chi connectivity index (χ1n) is 5.94. The molecular weight excluding hydrogens is 240 g/mol. The molecule has 4 heteroatoms. The fourth-order valence-electron chi connectivity index (χ4n) is 1.78. The summed E-state index contributed by atoms with van der Waals surface area (Å²) in [6, 6.07) is 11.4. The quantitative estimate of drug-likeness (QED) is 0.910. The van der Waals surface area contributed by atoms with E-state index in [1.54, 1.807) is 13.2 Å². The van der Waals surface area contributed by atoms with Crippen LogP contribution in [0, 0.1) is 11.3 Å². The molecule has 2 aromatic rings. The first-order chi connectivity index (χ1) is 9.22. The molecule has 1 aromatic carbocycles. The van der Waals surface area contributed by atoms with Gasteiger partial charge in [-0.2, -0.15) is 5.26 Å². The number of aromatic nitrogens is 1. The lowest BCUT2D eigenvalue weighted by Gasteiger charge is -2.04. The second-order valence-corrected chi connectivity index (χ2v) is 4.15. The van der Waals surface area contributed by atoms with Crippen LogP contribution in [0.3, 0.4) is 0 Å². The van der Waals surface area contributed by atoms with Gasteiger partial charge in [0, 0.05) is 5.69 Å². The molecule has 0 aliphatic heterocycles. The standard InChI is InChI=1S/C15H14N2O2/c1-19-14-6-3-11(4-7-14)2-5-13-8-12(9-16)15(18)10-17-13/h3-4,6-8,10,18H,2,5H2,1H3. The number of hydrogen-bond donors (Lipinski definition) is 1. The van der Waals surface area contributed by atoms with Crippen molar-refractivity contribution in [3.05, 3.63) is 53.3 Å². The highest BCUT2D eigenvalue weighted by atomic mass is 16.5. The molecule has 2 rings (SSSR count). The molecule has 0 saturated heterocycles. The van der Waals surface area contributed by atoms with Crippen molar-refractivity contribution in [2.24, 2.45) is 0 Å². The van der Waals surface area contributed by atoms with Gasteiger partial charge in [-0.25, -0.2) is 0 Å². The zero-order valence-electron chi connectivity index (χ0n) is 10.6. The highest BCUT2D eigenvalue weighted by Gasteiger charge is 2.04. The third kappa shape index (κ3) is 3.23. The van der Waals surface area contributed by atoms with E-state index in [1.807, 2.05) is 30.3 Å². The lowest BCUT2D eigenvalue weighted by Crippen LogP contribution is -1.95. The van der Waals surface area contributed by atoms with Crippen molar-refractivity contribution in [3.8, 4) is 17.6 Å². The monoisotopic (exact) mass is 254 g/mol. The second-order valence-electron chi connectivity index (χ2n) is 4.15. The Balaban J connectivity index is 2.04. The third-order valence-corrected chi connectivity index (χ3v) is 2.89. The summed E-state index contributed by atoms with van der Waals surface area (Å²) >= 11 is 0. The minimum absolute atomic E-state index is 0.0734. The summed E-state index contributed by atoms with van der Waals surface area (Å²) in [6.07, 6.45) is 2.87. The minimum Gasteiger partial charge on any atom is -0.505 e. The van der Waals surface area contributed by atoms with E-state index >= 15 is 0 Å². The molecule has 0 saturated carbocycles. The number of hydrogen-bond acceptors (Lipinski definition) is 4. The number of pyridine rings is 1.